The van der Waals surface area contributed by atoms with Gasteiger partial charge in [0, 0.05) is 57.5 Å². The van der Waals surface area contributed by atoms with Crippen LogP contribution in [0.4, 0.5) is 0 Å². The van der Waals surface area contributed by atoms with Gasteiger partial charge in [0.1, 0.15) is 0 Å². The maximum atomic E-state index is 12.6. The fourth-order valence-electron chi connectivity index (χ4n) is 3.72. The molecule has 7 heteroatoms. The summed E-state index contributed by atoms with van der Waals surface area (Å²) in [4.78, 5) is 5.65. The Balaban J connectivity index is 1.40. The highest BCUT2D eigenvalue weighted by molar-refractivity contribution is 7.86. The Bertz CT molecular complexity index is 803. The van der Waals surface area contributed by atoms with Gasteiger partial charge in [-0.15, -0.1) is 0 Å². The lowest BCUT2D eigenvalue weighted by Gasteiger charge is -2.35. The molecular formula is C17H24N4O2S. The minimum Gasteiger partial charge on any atom is -0.361 e. The molecule has 0 radical (unpaired) electrons. The molecule has 1 N–H and O–H groups in total. The third-order valence-electron chi connectivity index (χ3n) is 5.12. The molecule has 1 aromatic carbocycles. The van der Waals surface area contributed by atoms with Crippen LogP contribution in [0.15, 0.2) is 30.5 Å². The van der Waals surface area contributed by atoms with Crippen molar-refractivity contribution in [1.82, 2.24) is 18.5 Å². The molecule has 6 nitrogen and oxygen atoms in total. The summed E-state index contributed by atoms with van der Waals surface area (Å²) >= 11 is 0. The number of piperazine rings is 1. The predicted octanol–water partition coefficient (Wildman–Crippen LogP) is 1.63. The Hall–Kier alpha value is -1.41. The van der Waals surface area contributed by atoms with Crippen LogP contribution in [0.1, 0.15) is 18.4 Å². The van der Waals surface area contributed by atoms with Gasteiger partial charge >= 0.3 is 0 Å². The van der Waals surface area contributed by atoms with Crippen LogP contribution in [0.25, 0.3) is 10.9 Å². The molecule has 0 bridgehead atoms. The van der Waals surface area contributed by atoms with Gasteiger partial charge in [0.2, 0.25) is 0 Å². The molecule has 3 heterocycles. The Morgan fingerprint density at radius 3 is 2.38 bits per heavy atom. The molecule has 0 atom stereocenters. The first kappa shape index (κ1) is 16.1. The quantitative estimate of drug-likeness (QED) is 0.913. The predicted molar refractivity (Wildman–Crippen MR) is 94.9 cm³/mol. The number of benzene rings is 1. The van der Waals surface area contributed by atoms with E-state index in [1.54, 1.807) is 8.61 Å². The van der Waals surface area contributed by atoms with Crippen molar-refractivity contribution in [2.24, 2.45) is 0 Å². The molecule has 2 aliphatic heterocycles. The fraction of sp³-hybridized carbons (Fsp3) is 0.529. The topological polar surface area (TPSA) is 59.7 Å². The van der Waals surface area contributed by atoms with E-state index in [0.29, 0.717) is 26.2 Å². The third kappa shape index (κ3) is 2.97. The maximum absolute atomic E-state index is 12.6. The van der Waals surface area contributed by atoms with Crippen molar-refractivity contribution in [3.63, 3.8) is 0 Å². The molecule has 4 rings (SSSR count). The standard InChI is InChI=1S/C17H24N4O2S/c22-24(23,20-8-1-2-9-20)21-12-10-19(11-13-21)14-16-5-3-4-15-6-7-18-17(15)16/h3-7,18H,1-2,8-14H2. The van der Waals surface area contributed by atoms with Crippen molar-refractivity contribution in [1.29, 1.82) is 0 Å². The second kappa shape index (κ2) is 6.48. The molecule has 2 aliphatic rings. The lowest BCUT2D eigenvalue weighted by Crippen LogP contribution is -2.52. The van der Waals surface area contributed by atoms with Crippen molar-refractivity contribution in [2.45, 2.75) is 19.4 Å². The number of fused-ring (bicyclic) bond motifs is 1. The average Bonchev–Trinajstić information content (AvgIpc) is 3.28. The average molecular weight is 348 g/mol. The smallest absolute Gasteiger partial charge is 0.282 e. The summed E-state index contributed by atoms with van der Waals surface area (Å²) in [6, 6.07) is 8.42. The van der Waals surface area contributed by atoms with E-state index in [0.717, 1.165) is 32.5 Å². The second-order valence-electron chi connectivity index (χ2n) is 6.65. The number of para-hydroxylation sites is 1. The second-order valence-corrected chi connectivity index (χ2v) is 8.58. The molecule has 2 saturated heterocycles. The number of rotatable bonds is 4. The molecule has 0 saturated carbocycles. The Morgan fingerprint density at radius 1 is 0.917 bits per heavy atom. The van der Waals surface area contributed by atoms with Gasteiger partial charge in [-0.2, -0.15) is 17.0 Å². The van der Waals surface area contributed by atoms with Crippen LogP contribution >= 0.6 is 0 Å². The van der Waals surface area contributed by atoms with Crippen LogP contribution in [-0.4, -0.2) is 66.2 Å². The third-order valence-corrected chi connectivity index (χ3v) is 7.15. The zero-order valence-electron chi connectivity index (χ0n) is 13.8. The lowest BCUT2D eigenvalue weighted by atomic mass is 10.1. The highest BCUT2D eigenvalue weighted by atomic mass is 32.2. The number of aromatic nitrogens is 1. The number of nitrogens with one attached hydrogen (secondary N) is 1. The van der Waals surface area contributed by atoms with Crippen molar-refractivity contribution >= 4 is 21.1 Å². The van der Waals surface area contributed by atoms with Crippen molar-refractivity contribution in [2.75, 3.05) is 39.3 Å². The van der Waals surface area contributed by atoms with Crippen molar-refractivity contribution < 1.29 is 8.42 Å². The summed E-state index contributed by atoms with van der Waals surface area (Å²) in [6.07, 6.45) is 3.94. The molecule has 24 heavy (non-hydrogen) atoms. The van der Waals surface area contributed by atoms with E-state index < -0.39 is 10.2 Å². The zero-order chi connectivity index (χ0) is 16.6. The molecule has 0 unspecified atom stereocenters. The van der Waals surface area contributed by atoms with E-state index in [4.69, 9.17) is 0 Å². The van der Waals surface area contributed by atoms with Crippen LogP contribution in [0.5, 0.6) is 0 Å². The molecule has 0 spiro atoms. The number of hydrogen-bond acceptors (Lipinski definition) is 3. The van der Waals surface area contributed by atoms with Crippen LogP contribution in [-0.2, 0) is 16.8 Å². The summed E-state index contributed by atoms with van der Waals surface area (Å²) in [7, 11) is -3.25. The van der Waals surface area contributed by atoms with E-state index in [1.807, 2.05) is 6.20 Å². The normalized spacial score (nSPS) is 21.7. The molecule has 0 amide bonds. The van der Waals surface area contributed by atoms with Crippen molar-refractivity contribution in [3.8, 4) is 0 Å². The highest BCUT2D eigenvalue weighted by Crippen LogP contribution is 2.21. The van der Waals surface area contributed by atoms with Gasteiger partial charge in [0.15, 0.2) is 0 Å². The van der Waals surface area contributed by atoms with E-state index in [1.165, 1.54) is 16.5 Å². The summed E-state index contributed by atoms with van der Waals surface area (Å²) in [6.45, 7) is 4.94. The molecule has 130 valence electrons. The summed E-state index contributed by atoms with van der Waals surface area (Å²) in [5.74, 6) is 0. The van der Waals surface area contributed by atoms with Gasteiger partial charge in [-0.1, -0.05) is 18.2 Å². The van der Waals surface area contributed by atoms with E-state index in [-0.39, 0.29) is 0 Å². The van der Waals surface area contributed by atoms with Crippen LogP contribution in [0.2, 0.25) is 0 Å². The van der Waals surface area contributed by atoms with Crippen LogP contribution in [0.3, 0.4) is 0 Å². The number of aromatic amines is 1. The van der Waals surface area contributed by atoms with Gasteiger partial charge < -0.3 is 4.98 Å². The molecule has 2 aromatic rings. The van der Waals surface area contributed by atoms with Gasteiger partial charge in [0.05, 0.1) is 0 Å². The SMILES string of the molecule is O=S(=O)(N1CCCC1)N1CCN(Cc2cccc3cc[nH]c23)CC1. The van der Waals surface area contributed by atoms with E-state index in [2.05, 4.69) is 34.1 Å². The molecule has 2 fully saturated rings. The van der Waals surface area contributed by atoms with Crippen molar-refractivity contribution in [3.05, 3.63) is 36.0 Å². The van der Waals surface area contributed by atoms with Crippen LogP contribution in [0, 0.1) is 0 Å². The first-order valence-corrected chi connectivity index (χ1v) is 10.1. The van der Waals surface area contributed by atoms with Crippen LogP contribution < -0.4 is 0 Å². The summed E-state index contributed by atoms with van der Waals surface area (Å²) < 4.78 is 28.5. The fourth-order valence-corrected chi connectivity index (χ4v) is 5.39. The zero-order valence-corrected chi connectivity index (χ0v) is 14.6. The van der Waals surface area contributed by atoms with Gasteiger partial charge in [-0.25, -0.2) is 0 Å². The molecular weight excluding hydrogens is 324 g/mol. The lowest BCUT2D eigenvalue weighted by molar-refractivity contribution is 0.176. The van der Waals surface area contributed by atoms with Gasteiger partial charge in [-0.3, -0.25) is 4.90 Å². The number of nitrogens with zero attached hydrogens (tertiary/aromatic N) is 3. The van der Waals surface area contributed by atoms with Gasteiger partial charge in [-0.05, 0) is 29.9 Å². The van der Waals surface area contributed by atoms with Gasteiger partial charge in [0.25, 0.3) is 10.2 Å². The highest BCUT2D eigenvalue weighted by Gasteiger charge is 2.33. The minimum atomic E-state index is -3.25. The Kier molecular flexibility index (Phi) is 4.34. The Labute approximate surface area is 143 Å². The largest absolute Gasteiger partial charge is 0.361 e. The molecule has 0 aliphatic carbocycles. The maximum Gasteiger partial charge on any atom is 0.282 e. The Morgan fingerprint density at radius 2 is 1.62 bits per heavy atom. The molecule has 1 aromatic heterocycles. The first-order chi connectivity index (χ1) is 11.6. The first-order valence-electron chi connectivity index (χ1n) is 8.67. The van der Waals surface area contributed by atoms with E-state index in [9.17, 15) is 8.42 Å². The number of hydrogen-bond donors (Lipinski definition) is 1. The summed E-state index contributed by atoms with van der Waals surface area (Å²) in [5, 5.41) is 1.22. The number of H-pyrrole nitrogens is 1. The van der Waals surface area contributed by atoms with E-state index >= 15 is 0 Å². The summed E-state index contributed by atoms with van der Waals surface area (Å²) in [5.41, 5.74) is 2.46. The minimum absolute atomic E-state index is 0.583. The monoisotopic (exact) mass is 348 g/mol.